The maximum atomic E-state index is 12.3. The molecule has 1 saturated carbocycles. The van der Waals surface area contributed by atoms with Gasteiger partial charge in [0.1, 0.15) is 17.4 Å². The van der Waals surface area contributed by atoms with E-state index in [-0.39, 0.29) is 30.0 Å². The Morgan fingerprint density at radius 3 is 2.54 bits per heavy atom. The number of nitrogens with one attached hydrogen (secondary N) is 2. The van der Waals surface area contributed by atoms with Crippen LogP contribution in [0.15, 0.2) is 29.8 Å². The van der Waals surface area contributed by atoms with Gasteiger partial charge in [0.15, 0.2) is 6.61 Å². The Bertz CT molecular complexity index is 683. The first-order valence-electron chi connectivity index (χ1n) is 9.04. The highest BCUT2D eigenvalue weighted by Gasteiger charge is 2.18. The predicted octanol–water partition coefficient (Wildman–Crippen LogP) is 2.56. The molecule has 1 aliphatic carbocycles. The minimum Gasteiger partial charge on any atom is -0.484 e. The smallest absolute Gasteiger partial charge is 0.262 e. The summed E-state index contributed by atoms with van der Waals surface area (Å²) in [6.07, 6.45) is 6.96. The summed E-state index contributed by atoms with van der Waals surface area (Å²) in [6, 6.07) is 9.05. The average Bonchev–Trinajstić information content (AvgIpc) is 2.66. The first kappa shape index (κ1) is 19.5. The molecule has 0 radical (unpaired) electrons. The van der Waals surface area contributed by atoms with Crippen molar-refractivity contribution in [1.82, 2.24) is 10.6 Å². The van der Waals surface area contributed by atoms with Crippen LogP contribution in [0.2, 0.25) is 0 Å². The molecular weight excluding hydrogens is 330 g/mol. The van der Waals surface area contributed by atoms with Crippen molar-refractivity contribution >= 4 is 17.9 Å². The van der Waals surface area contributed by atoms with Crippen LogP contribution in [0, 0.1) is 11.3 Å². The van der Waals surface area contributed by atoms with Crippen LogP contribution >= 0.6 is 0 Å². The van der Waals surface area contributed by atoms with Crippen molar-refractivity contribution in [2.45, 2.75) is 45.1 Å². The van der Waals surface area contributed by atoms with Gasteiger partial charge in [0, 0.05) is 12.6 Å². The maximum absolute atomic E-state index is 12.3. The van der Waals surface area contributed by atoms with Crippen LogP contribution in [0.1, 0.15) is 44.6 Å². The number of rotatable bonds is 7. The summed E-state index contributed by atoms with van der Waals surface area (Å²) in [4.78, 5) is 23.7. The molecule has 1 fully saturated rings. The Morgan fingerprint density at radius 2 is 1.92 bits per heavy atom. The van der Waals surface area contributed by atoms with E-state index in [9.17, 15) is 14.9 Å². The molecule has 0 saturated heterocycles. The van der Waals surface area contributed by atoms with Crippen molar-refractivity contribution in [3.05, 3.63) is 35.4 Å². The molecule has 0 heterocycles. The van der Waals surface area contributed by atoms with Crippen LogP contribution in [0.3, 0.4) is 0 Å². The number of carbonyl (C=O) groups is 2. The fraction of sp³-hybridized carbons (Fsp3) is 0.450. The molecule has 2 amide bonds. The third kappa shape index (κ3) is 6.25. The molecule has 1 aliphatic rings. The lowest BCUT2D eigenvalue weighted by atomic mass is 9.95. The van der Waals surface area contributed by atoms with E-state index in [2.05, 4.69) is 10.6 Å². The van der Waals surface area contributed by atoms with Crippen molar-refractivity contribution in [2.24, 2.45) is 0 Å². The quantitative estimate of drug-likeness (QED) is 0.581. The van der Waals surface area contributed by atoms with Gasteiger partial charge in [0.25, 0.3) is 11.8 Å². The van der Waals surface area contributed by atoms with Crippen molar-refractivity contribution < 1.29 is 14.3 Å². The maximum Gasteiger partial charge on any atom is 0.262 e. The number of carbonyl (C=O) groups excluding carboxylic acids is 2. The Balaban J connectivity index is 1.94. The first-order chi connectivity index (χ1) is 12.6. The second-order valence-electron chi connectivity index (χ2n) is 6.29. The highest BCUT2D eigenvalue weighted by atomic mass is 16.5. The topological polar surface area (TPSA) is 91.2 Å². The molecule has 26 heavy (non-hydrogen) atoms. The molecule has 2 rings (SSSR count). The molecule has 0 bridgehead atoms. The molecule has 0 unspecified atom stereocenters. The minimum atomic E-state index is -0.323. The Hall–Kier alpha value is -2.81. The zero-order chi connectivity index (χ0) is 18.8. The summed E-state index contributed by atoms with van der Waals surface area (Å²) in [6.45, 7) is 2.36. The van der Waals surface area contributed by atoms with E-state index in [1.54, 1.807) is 30.3 Å². The normalized spacial score (nSPS) is 15.0. The van der Waals surface area contributed by atoms with Gasteiger partial charge in [-0.1, -0.05) is 31.4 Å². The number of hydrogen-bond acceptors (Lipinski definition) is 4. The zero-order valence-electron chi connectivity index (χ0n) is 15.1. The molecular formula is C20H25N3O3. The Kier molecular flexibility index (Phi) is 7.69. The summed E-state index contributed by atoms with van der Waals surface area (Å²) in [5, 5.41) is 14.9. The van der Waals surface area contributed by atoms with Gasteiger partial charge in [0.05, 0.1) is 0 Å². The molecule has 6 nitrogen and oxygen atoms in total. The van der Waals surface area contributed by atoms with E-state index in [1.807, 2.05) is 13.0 Å². The SMILES string of the molecule is CCNC(=O)COc1ccc(C=C(C#N)C(=O)NC2CCCCC2)cc1. The molecule has 0 spiro atoms. The minimum absolute atomic E-state index is 0.0454. The van der Waals surface area contributed by atoms with Crippen molar-refractivity contribution in [1.29, 1.82) is 5.26 Å². The van der Waals surface area contributed by atoms with Crippen LogP contribution < -0.4 is 15.4 Å². The number of ether oxygens (including phenoxy) is 1. The van der Waals surface area contributed by atoms with Gasteiger partial charge in [-0.3, -0.25) is 9.59 Å². The molecule has 1 aromatic rings. The number of nitriles is 1. The average molecular weight is 355 g/mol. The van der Waals surface area contributed by atoms with Crippen molar-refractivity contribution in [3.8, 4) is 11.8 Å². The third-order valence-electron chi connectivity index (χ3n) is 4.24. The Morgan fingerprint density at radius 1 is 1.23 bits per heavy atom. The van der Waals surface area contributed by atoms with Gasteiger partial charge in [-0.05, 0) is 43.5 Å². The summed E-state index contributed by atoms with van der Waals surface area (Å²) in [5.74, 6) is 0.0529. The van der Waals surface area contributed by atoms with E-state index >= 15 is 0 Å². The van der Waals surface area contributed by atoms with E-state index in [0.717, 1.165) is 31.2 Å². The van der Waals surface area contributed by atoms with Crippen molar-refractivity contribution in [3.63, 3.8) is 0 Å². The number of likely N-dealkylation sites (N-methyl/N-ethyl adjacent to an activating group) is 1. The number of hydrogen-bond donors (Lipinski definition) is 2. The molecule has 1 aromatic carbocycles. The van der Waals surface area contributed by atoms with E-state index < -0.39 is 0 Å². The Labute approximate surface area is 154 Å². The highest BCUT2D eigenvalue weighted by Crippen LogP contribution is 2.18. The van der Waals surface area contributed by atoms with Crippen LogP contribution in [-0.2, 0) is 9.59 Å². The largest absolute Gasteiger partial charge is 0.484 e. The second kappa shape index (κ2) is 10.2. The second-order valence-corrected chi connectivity index (χ2v) is 6.29. The molecule has 0 aromatic heterocycles. The van der Waals surface area contributed by atoms with Gasteiger partial charge in [-0.25, -0.2) is 0 Å². The van der Waals surface area contributed by atoms with Gasteiger partial charge >= 0.3 is 0 Å². The summed E-state index contributed by atoms with van der Waals surface area (Å²) >= 11 is 0. The van der Waals surface area contributed by atoms with Crippen LogP contribution in [0.5, 0.6) is 5.75 Å². The standard InChI is InChI=1S/C20H25N3O3/c1-2-22-19(24)14-26-18-10-8-15(9-11-18)12-16(13-21)20(25)23-17-6-4-3-5-7-17/h8-12,17H,2-7,14H2,1H3,(H,22,24)(H,23,25). The number of benzene rings is 1. The van der Waals surface area contributed by atoms with E-state index in [0.29, 0.717) is 12.3 Å². The lowest BCUT2D eigenvalue weighted by molar-refractivity contribution is -0.123. The highest BCUT2D eigenvalue weighted by molar-refractivity contribution is 6.01. The van der Waals surface area contributed by atoms with E-state index in [1.165, 1.54) is 6.42 Å². The van der Waals surface area contributed by atoms with Crippen LogP contribution in [-0.4, -0.2) is 31.0 Å². The number of amides is 2. The van der Waals surface area contributed by atoms with Crippen LogP contribution in [0.4, 0.5) is 0 Å². The van der Waals surface area contributed by atoms with Crippen LogP contribution in [0.25, 0.3) is 6.08 Å². The third-order valence-corrected chi connectivity index (χ3v) is 4.24. The summed E-state index contributed by atoms with van der Waals surface area (Å²) in [5.41, 5.74) is 0.817. The van der Waals surface area contributed by atoms with E-state index in [4.69, 9.17) is 4.74 Å². The lowest BCUT2D eigenvalue weighted by Gasteiger charge is -2.22. The summed E-state index contributed by atoms with van der Waals surface area (Å²) in [7, 11) is 0. The van der Waals surface area contributed by atoms with Crippen molar-refractivity contribution in [2.75, 3.05) is 13.2 Å². The van der Waals surface area contributed by atoms with Gasteiger partial charge in [-0.2, -0.15) is 5.26 Å². The fourth-order valence-corrected chi connectivity index (χ4v) is 2.88. The lowest BCUT2D eigenvalue weighted by Crippen LogP contribution is -2.36. The molecule has 138 valence electrons. The monoisotopic (exact) mass is 355 g/mol. The van der Waals surface area contributed by atoms with Gasteiger partial charge in [-0.15, -0.1) is 0 Å². The van der Waals surface area contributed by atoms with Gasteiger partial charge in [0.2, 0.25) is 0 Å². The first-order valence-corrected chi connectivity index (χ1v) is 9.04. The predicted molar refractivity (Wildman–Crippen MR) is 99.2 cm³/mol. The fourth-order valence-electron chi connectivity index (χ4n) is 2.88. The zero-order valence-corrected chi connectivity index (χ0v) is 15.1. The summed E-state index contributed by atoms with van der Waals surface area (Å²) < 4.78 is 5.38. The molecule has 0 atom stereocenters. The number of nitrogens with zero attached hydrogens (tertiary/aromatic N) is 1. The molecule has 2 N–H and O–H groups in total. The molecule has 6 heteroatoms. The van der Waals surface area contributed by atoms with Gasteiger partial charge < -0.3 is 15.4 Å². The molecule has 0 aliphatic heterocycles.